The Hall–Kier alpha value is -3.94. The van der Waals surface area contributed by atoms with Crippen molar-refractivity contribution in [1.29, 1.82) is 0 Å². The van der Waals surface area contributed by atoms with Crippen LogP contribution in [0.2, 0.25) is 0 Å². The number of aryl methyl sites for hydroxylation is 3. The lowest BCUT2D eigenvalue weighted by Crippen LogP contribution is -2.31. The average Bonchev–Trinajstić information content (AvgIpc) is 3.23. The van der Waals surface area contributed by atoms with E-state index in [1.54, 1.807) is 43.0 Å². The number of aromatic nitrogens is 4. The first-order chi connectivity index (χ1) is 15.4. The molecule has 0 bridgehead atoms. The van der Waals surface area contributed by atoms with Crippen LogP contribution in [0.25, 0.3) is 11.0 Å². The molecule has 0 saturated carbocycles. The Morgan fingerprint density at radius 1 is 1.19 bits per heavy atom. The van der Waals surface area contributed by atoms with Gasteiger partial charge in [-0.15, -0.1) is 0 Å². The number of amides is 1. The van der Waals surface area contributed by atoms with Crippen molar-refractivity contribution in [1.82, 2.24) is 24.4 Å². The topological polar surface area (TPSA) is 91.0 Å². The number of methoxy groups -OCH3 is 1. The number of hydrogen-bond acceptors (Lipinski definition) is 5. The molecule has 8 heteroatoms. The van der Waals surface area contributed by atoms with Gasteiger partial charge >= 0.3 is 0 Å². The second-order valence-corrected chi connectivity index (χ2v) is 7.53. The van der Waals surface area contributed by atoms with E-state index < -0.39 is 6.04 Å². The first kappa shape index (κ1) is 21.3. The summed E-state index contributed by atoms with van der Waals surface area (Å²) in [5.41, 5.74) is 2.93. The average molecular weight is 431 g/mol. The van der Waals surface area contributed by atoms with Crippen LogP contribution >= 0.6 is 0 Å². The van der Waals surface area contributed by atoms with Crippen LogP contribution < -0.4 is 15.6 Å². The molecule has 2 aromatic carbocycles. The highest BCUT2D eigenvalue weighted by atomic mass is 16.5. The van der Waals surface area contributed by atoms with Crippen molar-refractivity contribution < 1.29 is 9.53 Å². The first-order valence-electron chi connectivity index (χ1n) is 10.4. The second-order valence-electron chi connectivity index (χ2n) is 7.53. The van der Waals surface area contributed by atoms with Crippen molar-refractivity contribution in [2.75, 3.05) is 7.11 Å². The Balaban J connectivity index is 1.71. The summed E-state index contributed by atoms with van der Waals surface area (Å²) < 4.78 is 8.79. The summed E-state index contributed by atoms with van der Waals surface area (Å²) in [5.74, 6) is 1.18. The summed E-state index contributed by atoms with van der Waals surface area (Å²) in [5, 5.41) is 3.09. The van der Waals surface area contributed by atoms with Crippen molar-refractivity contribution in [3.63, 3.8) is 0 Å². The summed E-state index contributed by atoms with van der Waals surface area (Å²) in [6, 6.07) is 12.3. The van der Waals surface area contributed by atoms with Gasteiger partial charge in [0.1, 0.15) is 23.3 Å². The number of nitrogens with one attached hydrogen (secondary N) is 1. The Labute approximate surface area is 185 Å². The highest BCUT2D eigenvalue weighted by Crippen LogP contribution is 2.24. The third kappa shape index (κ3) is 3.87. The second kappa shape index (κ2) is 8.66. The molecule has 164 valence electrons. The molecule has 1 atom stereocenters. The minimum Gasteiger partial charge on any atom is -0.497 e. The molecule has 8 nitrogen and oxygen atoms in total. The molecule has 4 rings (SSSR count). The maximum Gasteiger partial charge on any atom is 0.272 e. The molecule has 0 saturated heterocycles. The fraction of sp³-hybridized carbons (Fsp3) is 0.250. The van der Waals surface area contributed by atoms with Crippen LogP contribution in [0.5, 0.6) is 5.75 Å². The van der Waals surface area contributed by atoms with E-state index in [0.717, 1.165) is 11.3 Å². The van der Waals surface area contributed by atoms with E-state index in [0.29, 0.717) is 34.7 Å². The number of benzene rings is 2. The van der Waals surface area contributed by atoms with Crippen LogP contribution in [-0.2, 0) is 13.6 Å². The van der Waals surface area contributed by atoms with Crippen molar-refractivity contribution >= 4 is 16.9 Å². The van der Waals surface area contributed by atoms with Crippen molar-refractivity contribution in [2.24, 2.45) is 7.05 Å². The van der Waals surface area contributed by atoms with Crippen LogP contribution in [0.4, 0.5) is 0 Å². The van der Waals surface area contributed by atoms with Crippen molar-refractivity contribution in [2.45, 2.75) is 26.4 Å². The van der Waals surface area contributed by atoms with Crippen LogP contribution in [0.15, 0.2) is 59.7 Å². The van der Waals surface area contributed by atoms with E-state index in [4.69, 9.17) is 4.74 Å². The number of ether oxygens (including phenoxy) is 1. The monoisotopic (exact) mass is 431 g/mol. The third-order valence-corrected chi connectivity index (χ3v) is 5.53. The summed E-state index contributed by atoms with van der Waals surface area (Å²) in [4.78, 5) is 34.4. The molecule has 4 aromatic rings. The number of hydrogen-bond donors (Lipinski definition) is 1. The molecule has 2 heterocycles. The zero-order valence-electron chi connectivity index (χ0n) is 18.5. The third-order valence-electron chi connectivity index (χ3n) is 5.53. The van der Waals surface area contributed by atoms with Gasteiger partial charge in [0.25, 0.3) is 11.5 Å². The molecule has 0 radical (unpaired) electrons. The predicted molar refractivity (Wildman–Crippen MR) is 122 cm³/mol. The molecule has 0 aliphatic rings. The zero-order chi connectivity index (χ0) is 22.8. The lowest BCUT2D eigenvalue weighted by Gasteiger charge is -2.20. The Bertz CT molecular complexity index is 1340. The van der Waals surface area contributed by atoms with Gasteiger partial charge in [0.2, 0.25) is 0 Å². The normalized spacial score (nSPS) is 12.0. The van der Waals surface area contributed by atoms with Crippen LogP contribution in [0, 0.1) is 6.92 Å². The van der Waals surface area contributed by atoms with Crippen LogP contribution in [-0.4, -0.2) is 32.1 Å². The van der Waals surface area contributed by atoms with E-state index in [-0.39, 0.29) is 11.5 Å². The number of carbonyl (C=O) groups is 1. The first-order valence-corrected chi connectivity index (χ1v) is 10.4. The van der Waals surface area contributed by atoms with Crippen LogP contribution in [0.1, 0.15) is 40.4 Å². The van der Waals surface area contributed by atoms with Gasteiger partial charge in [-0.3, -0.25) is 9.59 Å². The maximum atomic E-state index is 13.2. The van der Waals surface area contributed by atoms with E-state index in [1.807, 2.05) is 49.0 Å². The number of rotatable bonds is 6. The zero-order valence-corrected chi connectivity index (χ0v) is 18.5. The van der Waals surface area contributed by atoms with Gasteiger partial charge in [-0.25, -0.2) is 9.97 Å². The van der Waals surface area contributed by atoms with Gasteiger partial charge in [0, 0.05) is 31.5 Å². The van der Waals surface area contributed by atoms with E-state index >= 15 is 0 Å². The molecular formula is C24H25N5O3. The van der Waals surface area contributed by atoms with Gasteiger partial charge < -0.3 is 19.2 Å². The SMILES string of the molecule is CCn1c(=O)c(C)nc2cc(C(=O)N[C@H](c3ccc(OC)cc3)c3nccn3C)ccc21. The lowest BCUT2D eigenvalue weighted by molar-refractivity contribution is 0.0941. The van der Waals surface area contributed by atoms with Gasteiger partial charge in [0.15, 0.2) is 0 Å². The quantitative estimate of drug-likeness (QED) is 0.507. The van der Waals surface area contributed by atoms with E-state index in [1.165, 1.54) is 0 Å². The number of nitrogens with zero attached hydrogens (tertiary/aromatic N) is 4. The van der Waals surface area contributed by atoms with Gasteiger partial charge in [0.05, 0.1) is 18.1 Å². The van der Waals surface area contributed by atoms with Gasteiger partial charge in [-0.1, -0.05) is 12.1 Å². The van der Waals surface area contributed by atoms with Gasteiger partial charge in [-0.2, -0.15) is 0 Å². The van der Waals surface area contributed by atoms with Crippen LogP contribution in [0.3, 0.4) is 0 Å². The molecule has 0 unspecified atom stereocenters. The largest absolute Gasteiger partial charge is 0.497 e. The lowest BCUT2D eigenvalue weighted by atomic mass is 10.0. The summed E-state index contributed by atoms with van der Waals surface area (Å²) in [7, 11) is 3.50. The number of imidazole rings is 1. The standard InChI is InChI=1S/C24H25N5O3/c1-5-29-20-11-8-17(14-19(20)26-15(2)24(29)31)23(30)27-21(22-25-12-13-28(22)3)16-6-9-18(32-4)10-7-16/h6-14,21H,5H2,1-4H3,(H,27,30)/t21-/m1/s1. The molecule has 1 N–H and O–H groups in total. The molecule has 1 amide bonds. The highest BCUT2D eigenvalue weighted by Gasteiger charge is 2.22. The molecule has 32 heavy (non-hydrogen) atoms. The fourth-order valence-corrected chi connectivity index (χ4v) is 3.79. The minimum atomic E-state index is -0.455. The molecule has 0 fully saturated rings. The molecule has 0 spiro atoms. The maximum absolute atomic E-state index is 13.2. The van der Waals surface area contributed by atoms with E-state index in [2.05, 4.69) is 15.3 Å². The summed E-state index contributed by atoms with van der Waals surface area (Å²) >= 11 is 0. The molecule has 0 aliphatic carbocycles. The smallest absolute Gasteiger partial charge is 0.272 e. The molecular weight excluding hydrogens is 406 g/mol. The van der Waals surface area contributed by atoms with Crippen molar-refractivity contribution in [3.05, 3.63) is 87.9 Å². The Kier molecular flexibility index (Phi) is 5.77. The fourth-order valence-electron chi connectivity index (χ4n) is 3.79. The van der Waals surface area contributed by atoms with Gasteiger partial charge in [-0.05, 0) is 49.7 Å². The minimum absolute atomic E-state index is 0.119. The highest BCUT2D eigenvalue weighted by molar-refractivity contribution is 5.97. The number of fused-ring (bicyclic) bond motifs is 1. The summed E-state index contributed by atoms with van der Waals surface area (Å²) in [6.45, 7) is 4.12. The molecule has 0 aliphatic heterocycles. The summed E-state index contributed by atoms with van der Waals surface area (Å²) in [6.07, 6.45) is 3.54. The number of carbonyl (C=O) groups excluding carboxylic acids is 1. The van der Waals surface area contributed by atoms with Crippen molar-refractivity contribution in [3.8, 4) is 5.75 Å². The van der Waals surface area contributed by atoms with E-state index in [9.17, 15) is 9.59 Å². The predicted octanol–water partition coefficient (Wildman–Crippen LogP) is 2.99. The Morgan fingerprint density at radius 2 is 1.94 bits per heavy atom. The molecule has 2 aromatic heterocycles. The Morgan fingerprint density at radius 3 is 2.56 bits per heavy atom.